The van der Waals surface area contributed by atoms with Crippen LogP contribution in [0.15, 0.2) is 11.4 Å². The van der Waals surface area contributed by atoms with Crippen molar-refractivity contribution in [1.82, 2.24) is 9.55 Å². The summed E-state index contributed by atoms with van der Waals surface area (Å²) in [6, 6.07) is 0. The number of aromatic nitrogens is 2. The molecule has 0 saturated carbocycles. The average Bonchev–Trinajstić information content (AvgIpc) is 2.46. The molecular weight excluding hydrogens is 176 g/mol. The Hall–Kier alpha value is -0.970. The molecule has 12 heavy (non-hydrogen) atoms. The molecule has 0 unspecified atom stereocenters. The van der Waals surface area contributed by atoms with Gasteiger partial charge in [0.15, 0.2) is 5.16 Å². The number of carboxylic acid groups (broad SMARTS) is 1. The van der Waals surface area contributed by atoms with E-state index in [1.54, 1.807) is 4.57 Å². The van der Waals surface area contributed by atoms with Gasteiger partial charge in [0.05, 0.1) is 6.20 Å². The number of carboxylic acids is 1. The van der Waals surface area contributed by atoms with Gasteiger partial charge in [-0.1, -0.05) is 11.8 Å². The van der Waals surface area contributed by atoms with Gasteiger partial charge in [0.2, 0.25) is 0 Å². The quantitative estimate of drug-likeness (QED) is 0.723. The summed E-state index contributed by atoms with van der Waals surface area (Å²) in [4.78, 5) is 14.6. The molecule has 1 heterocycles. The van der Waals surface area contributed by atoms with Crippen LogP contribution in [0.1, 0.15) is 17.4 Å². The van der Waals surface area contributed by atoms with E-state index < -0.39 is 5.97 Å². The first-order valence-corrected chi connectivity index (χ1v) is 4.76. The van der Waals surface area contributed by atoms with Crippen LogP contribution in [0.25, 0.3) is 0 Å². The largest absolute Gasteiger partial charge is 0.477 e. The van der Waals surface area contributed by atoms with Crippen molar-refractivity contribution in [2.75, 3.05) is 6.26 Å². The molecule has 0 amide bonds. The van der Waals surface area contributed by atoms with Crippen molar-refractivity contribution in [3.8, 4) is 0 Å². The first-order chi connectivity index (χ1) is 5.70. The minimum atomic E-state index is -0.926. The van der Waals surface area contributed by atoms with E-state index in [9.17, 15) is 4.79 Å². The summed E-state index contributed by atoms with van der Waals surface area (Å²) < 4.78 is 1.67. The Morgan fingerprint density at radius 2 is 2.50 bits per heavy atom. The molecule has 4 nitrogen and oxygen atoms in total. The van der Waals surface area contributed by atoms with Gasteiger partial charge in [0, 0.05) is 6.54 Å². The van der Waals surface area contributed by atoms with Crippen molar-refractivity contribution in [3.05, 3.63) is 11.9 Å². The van der Waals surface area contributed by atoms with Gasteiger partial charge in [0.25, 0.3) is 0 Å². The summed E-state index contributed by atoms with van der Waals surface area (Å²) in [5.74, 6) is -0.926. The van der Waals surface area contributed by atoms with Gasteiger partial charge < -0.3 is 9.67 Å². The van der Waals surface area contributed by atoms with Crippen LogP contribution in [0.4, 0.5) is 0 Å². The summed E-state index contributed by atoms with van der Waals surface area (Å²) in [6.45, 7) is 2.53. The second kappa shape index (κ2) is 3.62. The van der Waals surface area contributed by atoms with E-state index in [-0.39, 0.29) is 5.69 Å². The molecule has 0 bridgehead atoms. The Kier molecular flexibility index (Phi) is 2.75. The van der Waals surface area contributed by atoms with E-state index in [1.807, 2.05) is 13.2 Å². The molecule has 0 aliphatic carbocycles. The summed E-state index contributed by atoms with van der Waals surface area (Å²) in [5, 5.41) is 9.48. The zero-order chi connectivity index (χ0) is 9.14. The van der Waals surface area contributed by atoms with Gasteiger partial charge in [-0.15, -0.1) is 0 Å². The molecule has 0 atom stereocenters. The molecular formula is C7H10N2O2S. The lowest BCUT2D eigenvalue weighted by atomic mass is 10.5. The molecule has 0 aliphatic heterocycles. The molecule has 0 saturated heterocycles. The highest BCUT2D eigenvalue weighted by Gasteiger charge is 2.12. The van der Waals surface area contributed by atoms with Crippen LogP contribution in [-0.2, 0) is 6.54 Å². The third-order valence-electron chi connectivity index (χ3n) is 1.54. The van der Waals surface area contributed by atoms with E-state index in [0.29, 0.717) is 6.54 Å². The fraction of sp³-hybridized carbons (Fsp3) is 0.429. The number of aromatic carboxylic acids is 1. The Labute approximate surface area is 74.6 Å². The van der Waals surface area contributed by atoms with Crippen LogP contribution in [0.2, 0.25) is 0 Å². The van der Waals surface area contributed by atoms with E-state index in [2.05, 4.69) is 4.98 Å². The van der Waals surface area contributed by atoms with E-state index in [4.69, 9.17) is 5.11 Å². The lowest BCUT2D eigenvalue weighted by Crippen LogP contribution is -2.07. The van der Waals surface area contributed by atoms with Crippen LogP contribution >= 0.6 is 11.8 Å². The van der Waals surface area contributed by atoms with Gasteiger partial charge in [-0.05, 0) is 13.2 Å². The molecule has 1 aromatic heterocycles. The molecule has 1 rings (SSSR count). The number of imidazole rings is 1. The SMILES string of the molecule is CCn1c(C(=O)O)cnc1SC. The maximum Gasteiger partial charge on any atom is 0.354 e. The maximum atomic E-state index is 10.6. The number of rotatable bonds is 3. The van der Waals surface area contributed by atoms with Gasteiger partial charge in [-0.2, -0.15) is 0 Å². The third-order valence-corrected chi connectivity index (χ3v) is 2.23. The standard InChI is InChI=1S/C7H10N2O2S/c1-3-9-5(6(10)11)4-8-7(9)12-2/h4H,3H2,1-2H3,(H,10,11). The Morgan fingerprint density at radius 3 is 2.92 bits per heavy atom. The molecule has 5 heteroatoms. The van der Waals surface area contributed by atoms with Crippen LogP contribution in [0.5, 0.6) is 0 Å². The minimum Gasteiger partial charge on any atom is -0.477 e. The summed E-state index contributed by atoms with van der Waals surface area (Å²) >= 11 is 1.45. The van der Waals surface area contributed by atoms with Crippen molar-refractivity contribution in [3.63, 3.8) is 0 Å². The van der Waals surface area contributed by atoms with Gasteiger partial charge in [0.1, 0.15) is 5.69 Å². The normalized spacial score (nSPS) is 10.2. The molecule has 1 aromatic rings. The fourth-order valence-corrected chi connectivity index (χ4v) is 1.60. The maximum absolute atomic E-state index is 10.6. The topological polar surface area (TPSA) is 55.1 Å². The first-order valence-electron chi connectivity index (χ1n) is 3.53. The smallest absolute Gasteiger partial charge is 0.354 e. The van der Waals surface area contributed by atoms with Crippen LogP contribution < -0.4 is 0 Å². The Balaban J connectivity index is 3.13. The summed E-state index contributed by atoms with van der Waals surface area (Å²) in [6.07, 6.45) is 3.26. The molecule has 0 aromatic carbocycles. The predicted molar refractivity (Wildman–Crippen MR) is 46.6 cm³/mol. The van der Waals surface area contributed by atoms with E-state index in [0.717, 1.165) is 5.16 Å². The van der Waals surface area contributed by atoms with Crippen molar-refractivity contribution in [2.24, 2.45) is 0 Å². The minimum absolute atomic E-state index is 0.252. The lowest BCUT2D eigenvalue weighted by molar-refractivity contribution is 0.0684. The number of carbonyl (C=O) groups is 1. The molecule has 0 fully saturated rings. The average molecular weight is 186 g/mol. The first kappa shape index (κ1) is 9.12. The summed E-state index contributed by atoms with van der Waals surface area (Å²) in [7, 11) is 0. The predicted octanol–water partition coefficient (Wildman–Crippen LogP) is 1.32. The van der Waals surface area contributed by atoms with Crippen molar-refractivity contribution < 1.29 is 9.90 Å². The monoisotopic (exact) mass is 186 g/mol. The molecule has 0 radical (unpaired) electrons. The van der Waals surface area contributed by atoms with Crippen LogP contribution in [-0.4, -0.2) is 26.9 Å². The zero-order valence-electron chi connectivity index (χ0n) is 6.94. The number of hydrogen-bond acceptors (Lipinski definition) is 3. The second-order valence-electron chi connectivity index (χ2n) is 2.18. The van der Waals surface area contributed by atoms with Gasteiger partial charge in [-0.25, -0.2) is 9.78 Å². The number of thioether (sulfide) groups is 1. The Morgan fingerprint density at radius 1 is 1.83 bits per heavy atom. The Bertz CT molecular complexity index is 296. The van der Waals surface area contributed by atoms with E-state index in [1.165, 1.54) is 18.0 Å². The highest BCUT2D eigenvalue weighted by atomic mass is 32.2. The second-order valence-corrected chi connectivity index (χ2v) is 2.95. The van der Waals surface area contributed by atoms with E-state index >= 15 is 0 Å². The highest BCUT2D eigenvalue weighted by molar-refractivity contribution is 7.98. The van der Waals surface area contributed by atoms with Gasteiger partial charge >= 0.3 is 5.97 Å². The highest BCUT2D eigenvalue weighted by Crippen LogP contribution is 2.15. The molecule has 1 N–H and O–H groups in total. The van der Waals surface area contributed by atoms with Crippen LogP contribution in [0.3, 0.4) is 0 Å². The number of nitrogens with zero attached hydrogens (tertiary/aromatic N) is 2. The fourth-order valence-electron chi connectivity index (χ4n) is 0.998. The van der Waals surface area contributed by atoms with Crippen molar-refractivity contribution >= 4 is 17.7 Å². The van der Waals surface area contributed by atoms with Crippen LogP contribution in [0, 0.1) is 0 Å². The van der Waals surface area contributed by atoms with Gasteiger partial charge in [-0.3, -0.25) is 0 Å². The van der Waals surface area contributed by atoms with Crippen molar-refractivity contribution in [1.29, 1.82) is 0 Å². The summed E-state index contributed by atoms with van der Waals surface area (Å²) in [5.41, 5.74) is 0.252. The third kappa shape index (κ3) is 1.45. The lowest BCUT2D eigenvalue weighted by Gasteiger charge is -2.03. The molecule has 0 aliphatic rings. The number of hydrogen-bond donors (Lipinski definition) is 1. The zero-order valence-corrected chi connectivity index (χ0v) is 7.76. The molecule has 0 spiro atoms. The molecule has 66 valence electrons. The van der Waals surface area contributed by atoms with Crippen molar-refractivity contribution in [2.45, 2.75) is 18.6 Å².